The highest BCUT2D eigenvalue weighted by molar-refractivity contribution is 5.79. The molecule has 0 rings (SSSR count). The fourth-order valence-electron chi connectivity index (χ4n) is 1.57. The summed E-state index contributed by atoms with van der Waals surface area (Å²) in [5, 5.41) is 7.96. The van der Waals surface area contributed by atoms with Gasteiger partial charge in [0.1, 0.15) is 0 Å². The predicted molar refractivity (Wildman–Crippen MR) is 63.9 cm³/mol. The quantitative estimate of drug-likeness (QED) is 0.514. The number of rotatable bonds is 6. The zero-order valence-corrected chi connectivity index (χ0v) is 10.4. The van der Waals surface area contributed by atoms with Crippen molar-refractivity contribution in [1.29, 1.82) is 5.41 Å². The molecule has 84 valence electrons. The van der Waals surface area contributed by atoms with E-state index in [0.29, 0.717) is 11.8 Å². The summed E-state index contributed by atoms with van der Waals surface area (Å²) >= 11 is 0. The fraction of sp³-hybridized carbons (Fsp3) is 0.917. The van der Waals surface area contributed by atoms with E-state index in [1.165, 1.54) is 0 Å². The SMILES string of the molecule is CCCC(=N)N(CC(C)C)CC(C)C. The van der Waals surface area contributed by atoms with E-state index in [0.717, 1.165) is 31.8 Å². The summed E-state index contributed by atoms with van der Waals surface area (Å²) in [6.45, 7) is 13.0. The van der Waals surface area contributed by atoms with Crippen LogP contribution in [0.5, 0.6) is 0 Å². The van der Waals surface area contributed by atoms with Crippen molar-refractivity contribution in [2.24, 2.45) is 11.8 Å². The first-order valence-corrected chi connectivity index (χ1v) is 5.79. The van der Waals surface area contributed by atoms with E-state index in [1.807, 2.05) is 0 Å². The molecule has 0 saturated carbocycles. The van der Waals surface area contributed by atoms with E-state index >= 15 is 0 Å². The summed E-state index contributed by atoms with van der Waals surface area (Å²) in [6.07, 6.45) is 1.99. The van der Waals surface area contributed by atoms with Gasteiger partial charge in [-0.15, -0.1) is 0 Å². The molecular formula is C12H26N2. The van der Waals surface area contributed by atoms with Crippen molar-refractivity contribution in [3.05, 3.63) is 0 Å². The second-order valence-corrected chi connectivity index (χ2v) is 4.89. The molecule has 0 saturated heterocycles. The average Bonchev–Trinajstić information content (AvgIpc) is 2.01. The van der Waals surface area contributed by atoms with Gasteiger partial charge >= 0.3 is 0 Å². The minimum absolute atomic E-state index is 0.644. The Morgan fingerprint density at radius 3 is 1.79 bits per heavy atom. The van der Waals surface area contributed by atoms with Gasteiger partial charge in [0.15, 0.2) is 0 Å². The number of nitrogens with one attached hydrogen (secondary N) is 1. The predicted octanol–water partition coefficient (Wildman–Crippen LogP) is 3.38. The van der Waals surface area contributed by atoms with Crippen molar-refractivity contribution in [1.82, 2.24) is 4.90 Å². The standard InChI is InChI=1S/C12H26N2/c1-6-7-12(13)14(8-10(2)3)9-11(4)5/h10-11,13H,6-9H2,1-5H3. The van der Waals surface area contributed by atoms with Gasteiger partial charge < -0.3 is 4.90 Å². The van der Waals surface area contributed by atoms with Crippen molar-refractivity contribution in [2.75, 3.05) is 13.1 Å². The molecule has 0 aromatic rings. The van der Waals surface area contributed by atoms with Crippen LogP contribution in [-0.2, 0) is 0 Å². The molecule has 0 aliphatic heterocycles. The van der Waals surface area contributed by atoms with Crippen molar-refractivity contribution in [2.45, 2.75) is 47.5 Å². The van der Waals surface area contributed by atoms with Crippen LogP contribution in [0.15, 0.2) is 0 Å². The van der Waals surface area contributed by atoms with E-state index in [1.54, 1.807) is 0 Å². The third-order valence-corrected chi connectivity index (χ3v) is 2.04. The number of nitrogens with zero attached hydrogens (tertiary/aromatic N) is 1. The molecule has 0 atom stereocenters. The summed E-state index contributed by atoms with van der Waals surface area (Å²) < 4.78 is 0. The van der Waals surface area contributed by atoms with Gasteiger partial charge in [-0.25, -0.2) is 0 Å². The summed E-state index contributed by atoms with van der Waals surface area (Å²) in [4.78, 5) is 2.23. The first-order valence-electron chi connectivity index (χ1n) is 5.79. The highest BCUT2D eigenvalue weighted by Gasteiger charge is 2.11. The Morgan fingerprint density at radius 1 is 1.07 bits per heavy atom. The molecule has 14 heavy (non-hydrogen) atoms. The highest BCUT2D eigenvalue weighted by Crippen LogP contribution is 2.07. The van der Waals surface area contributed by atoms with Gasteiger partial charge in [0.05, 0.1) is 5.84 Å². The molecule has 0 fully saturated rings. The Bertz CT molecular complexity index is 152. The molecule has 1 N–H and O–H groups in total. The highest BCUT2D eigenvalue weighted by atomic mass is 15.2. The van der Waals surface area contributed by atoms with E-state index in [4.69, 9.17) is 5.41 Å². The molecule has 0 heterocycles. The minimum atomic E-state index is 0.644. The molecule has 0 aliphatic rings. The second kappa shape index (κ2) is 6.86. The summed E-state index contributed by atoms with van der Waals surface area (Å²) in [5.74, 6) is 2.10. The van der Waals surface area contributed by atoms with Gasteiger partial charge in [0.25, 0.3) is 0 Å². The maximum absolute atomic E-state index is 7.96. The van der Waals surface area contributed by atoms with Gasteiger partial charge in [0, 0.05) is 19.5 Å². The van der Waals surface area contributed by atoms with E-state index in [2.05, 4.69) is 39.5 Å². The van der Waals surface area contributed by atoms with Crippen molar-refractivity contribution in [3.63, 3.8) is 0 Å². The molecule has 0 unspecified atom stereocenters. The lowest BCUT2D eigenvalue weighted by atomic mass is 10.1. The van der Waals surface area contributed by atoms with Crippen LogP contribution in [-0.4, -0.2) is 23.8 Å². The second-order valence-electron chi connectivity index (χ2n) is 4.89. The number of hydrogen-bond donors (Lipinski definition) is 1. The lowest BCUT2D eigenvalue weighted by Crippen LogP contribution is -2.36. The average molecular weight is 198 g/mol. The molecule has 0 aromatic heterocycles. The van der Waals surface area contributed by atoms with Crippen molar-refractivity contribution in [3.8, 4) is 0 Å². The molecule has 0 radical (unpaired) electrons. The molecule has 0 amide bonds. The van der Waals surface area contributed by atoms with Crippen LogP contribution in [0.1, 0.15) is 47.5 Å². The minimum Gasteiger partial charge on any atom is -0.360 e. The van der Waals surface area contributed by atoms with E-state index in [9.17, 15) is 0 Å². The Hall–Kier alpha value is -0.530. The lowest BCUT2D eigenvalue weighted by Gasteiger charge is -2.28. The zero-order valence-electron chi connectivity index (χ0n) is 10.4. The molecule has 2 nitrogen and oxygen atoms in total. The van der Waals surface area contributed by atoms with Crippen LogP contribution < -0.4 is 0 Å². The molecule has 0 bridgehead atoms. The zero-order chi connectivity index (χ0) is 11.1. The largest absolute Gasteiger partial charge is 0.360 e. The Kier molecular flexibility index (Phi) is 6.60. The van der Waals surface area contributed by atoms with Crippen LogP contribution in [0.3, 0.4) is 0 Å². The van der Waals surface area contributed by atoms with Crippen LogP contribution in [0.4, 0.5) is 0 Å². The summed E-state index contributed by atoms with van der Waals surface area (Å²) in [6, 6.07) is 0. The Labute approximate surface area is 89.2 Å². The van der Waals surface area contributed by atoms with Gasteiger partial charge in [-0.3, -0.25) is 5.41 Å². The monoisotopic (exact) mass is 198 g/mol. The topological polar surface area (TPSA) is 27.1 Å². The summed E-state index contributed by atoms with van der Waals surface area (Å²) in [5.41, 5.74) is 0. The third-order valence-electron chi connectivity index (χ3n) is 2.04. The molecule has 0 aromatic carbocycles. The van der Waals surface area contributed by atoms with Gasteiger partial charge in [-0.1, -0.05) is 34.6 Å². The summed E-state index contributed by atoms with van der Waals surface area (Å²) in [7, 11) is 0. The molecular weight excluding hydrogens is 172 g/mol. The van der Waals surface area contributed by atoms with Gasteiger partial charge in [0.2, 0.25) is 0 Å². The molecule has 0 aliphatic carbocycles. The van der Waals surface area contributed by atoms with E-state index < -0.39 is 0 Å². The Balaban J connectivity index is 4.15. The third kappa shape index (κ3) is 6.01. The lowest BCUT2D eigenvalue weighted by molar-refractivity contribution is 0.320. The fourth-order valence-corrected chi connectivity index (χ4v) is 1.57. The van der Waals surface area contributed by atoms with Crippen LogP contribution in [0.25, 0.3) is 0 Å². The maximum Gasteiger partial charge on any atom is 0.0957 e. The molecule has 2 heteroatoms. The molecule has 0 spiro atoms. The van der Waals surface area contributed by atoms with E-state index in [-0.39, 0.29) is 0 Å². The van der Waals surface area contributed by atoms with Crippen LogP contribution in [0, 0.1) is 17.2 Å². The maximum atomic E-state index is 7.96. The van der Waals surface area contributed by atoms with Gasteiger partial charge in [-0.2, -0.15) is 0 Å². The first-order chi connectivity index (χ1) is 6.47. The van der Waals surface area contributed by atoms with Crippen molar-refractivity contribution < 1.29 is 0 Å². The van der Waals surface area contributed by atoms with Crippen LogP contribution >= 0.6 is 0 Å². The number of hydrogen-bond acceptors (Lipinski definition) is 1. The normalized spacial score (nSPS) is 11.1. The number of amidine groups is 1. The van der Waals surface area contributed by atoms with Crippen molar-refractivity contribution >= 4 is 5.84 Å². The first kappa shape index (κ1) is 13.5. The Morgan fingerprint density at radius 2 is 1.50 bits per heavy atom. The smallest absolute Gasteiger partial charge is 0.0957 e. The van der Waals surface area contributed by atoms with Crippen LogP contribution in [0.2, 0.25) is 0 Å². The van der Waals surface area contributed by atoms with Gasteiger partial charge in [-0.05, 0) is 18.3 Å².